The molecule has 2 saturated heterocycles. The van der Waals surface area contributed by atoms with Crippen molar-refractivity contribution in [3.8, 4) is 17.4 Å². The van der Waals surface area contributed by atoms with Gasteiger partial charge in [0, 0.05) is 58.6 Å². The van der Waals surface area contributed by atoms with Crippen LogP contribution in [-0.2, 0) is 10.0 Å². The predicted octanol–water partition coefficient (Wildman–Crippen LogP) is 3.51. The summed E-state index contributed by atoms with van der Waals surface area (Å²) < 4.78 is 44.0. The highest BCUT2D eigenvalue weighted by Gasteiger charge is 2.29. The van der Waals surface area contributed by atoms with Crippen molar-refractivity contribution in [3.63, 3.8) is 0 Å². The van der Waals surface area contributed by atoms with E-state index in [-0.39, 0.29) is 0 Å². The van der Waals surface area contributed by atoms with Gasteiger partial charge in [-0.3, -0.25) is 9.21 Å². The Bertz CT molecular complexity index is 1660. The summed E-state index contributed by atoms with van der Waals surface area (Å²) in [7, 11) is 1.63. The number of rotatable bonds is 9. The van der Waals surface area contributed by atoms with Crippen molar-refractivity contribution in [2.45, 2.75) is 18.9 Å². The SMILES string of the molecule is COc1nc(N2CCC(N3CCN(C)CC3)CC2)ccc1Nc1ncc(Br)c(Nc2ccc3c(c2N(C)S(C)(=O)=O)OCCO3)n1. The minimum Gasteiger partial charge on any atom is -0.486 e. The molecule has 1 aromatic carbocycles. The molecule has 0 spiro atoms. The molecule has 3 aliphatic heterocycles. The predicted molar refractivity (Wildman–Crippen MR) is 182 cm³/mol. The summed E-state index contributed by atoms with van der Waals surface area (Å²) in [5.41, 5.74) is 1.39. The van der Waals surface area contributed by atoms with Crippen LogP contribution in [0, 0.1) is 0 Å². The zero-order chi connectivity index (χ0) is 32.4. The van der Waals surface area contributed by atoms with Crippen molar-refractivity contribution in [2.75, 3.05) is 99.8 Å². The maximum absolute atomic E-state index is 12.6. The fourth-order valence-corrected chi connectivity index (χ4v) is 6.75. The first-order valence-electron chi connectivity index (χ1n) is 15.3. The van der Waals surface area contributed by atoms with Crippen molar-refractivity contribution < 1.29 is 22.6 Å². The van der Waals surface area contributed by atoms with E-state index >= 15 is 0 Å². The third kappa shape index (κ3) is 7.04. The average molecular weight is 719 g/mol. The number of nitrogens with zero attached hydrogens (tertiary/aromatic N) is 7. The number of methoxy groups -OCH3 is 1. The number of hydrogen-bond acceptors (Lipinski definition) is 13. The van der Waals surface area contributed by atoms with Gasteiger partial charge < -0.3 is 34.6 Å². The number of pyridine rings is 1. The maximum atomic E-state index is 12.6. The molecule has 0 radical (unpaired) electrons. The van der Waals surface area contributed by atoms with Crippen molar-refractivity contribution >= 4 is 60.6 Å². The molecule has 46 heavy (non-hydrogen) atoms. The number of ether oxygens (including phenoxy) is 3. The number of likely N-dealkylation sites (N-methyl/N-ethyl adjacent to an activating group) is 1. The first-order chi connectivity index (χ1) is 22.1. The van der Waals surface area contributed by atoms with Gasteiger partial charge in [0.1, 0.15) is 36.2 Å². The second-order valence-corrected chi connectivity index (χ2v) is 14.5. The van der Waals surface area contributed by atoms with E-state index in [1.54, 1.807) is 25.4 Å². The molecule has 2 aromatic heterocycles. The van der Waals surface area contributed by atoms with Gasteiger partial charge >= 0.3 is 0 Å². The molecule has 0 bridgehead atoms. The lowest BCUT2D eigenvalue weighted by molar-refractivity contribution is 0.0981. The molecule has 3 aliphatic rings. The van der Waals surface area contributed by atoms with Gasteiger partial charge in [-0.25, -0.2) is 13.4 Å². The van der Waals surface area contributed by atoms with Crippen LogP contribution < -0.4 is 34.0 Å². The summed E-state index contributed by atoms with van der Waals surface area (Å²) >= 11 is 3.51. The van der Waals surface area contributed by atoms with Gasteiger partial charge in [0.05, 0.1) is 23.5 Å². The second-order valence-electron chi connectivity index (χ2n) is 11.6. The lowest BCUT2D eigenvalue weighted by atomic mass is 10.0. The van der Waals surface area contributed by atoms with Crippen LogP contribution in [0.25, 0.3) is 0 Å². The van der Waals surface area contributed by atoms with E-state index < -0.39 is 10.0 Å². The number of fused-ring (bicyclic) bond motifs is 1. The molecule has 0 atom stereocenters. The van der Waals surface area contributed by atoms with Crippen LogP contribution in [0.3, 0.4) is 0 Å². The summed E-state index contributed by atoms with van der Waals surface area (Å²) in [5.74, 6) is 2.82. The van der Waals surface area contributed by atoms with E-state index in [0.29, 0.717) is 69.9 Å². The van der Waals surface area contributed by atoms with E-state index in [4.69, 9.17) is 19.2 Å². The largest absolute Gasteiger partial charge is 0.486 e. The molecular formula is C30H40BrN9O5S. The first kappa shape index (κ1) is 32.3. The van der Waals surface area contributed by atoms with E-state index in [9.17, 15) is 8.42 Å². The number of piperazine rings is 1. The fraction of sp³-hybridized carbons (Fsp3) is 0.500. The Morgan fingerprint density at radius 2 is 1.70 bits per heavy atom. The molecule has 0 unspecified atom stereocenters. The molecule has 2 N–H and O–H groups in total. The minimum absolute atomic E-state index is 0.294. The van der Waals surface area contributed by atoms with Gasteiger partial charge in [-0.1, -0.05) is 0 Å². The number of piperidine rings is 1. The highest BCUT2D eigenvalue weighted by molar-refractivity contribution is 9.10. The van der Waals surface area contributed by atoms with E-state index in [1.165, 1.54) is 7.05 Å². The first-order valence-corrected chi connectivity index (χ1v) is 17.9. The molecule has 0 aliphatic carbocycles. The normalized spacial score (nSPS) is 17.9. The average Bonchev–Trinajstić information content (AvgIpc) is 3.06. The van der Waals surface area contributed by atoms with Crippen molar-refractivity contribution in [1.29, 1.82) is 0 Å². The summed E-state index contributed by atoms with van der Waals surface area (Å²) in [5, 5.41) is 6.46. The highest BCUT2D eigenvalue weighted by Crippen LogP contribution is 2.46. The van der Waals surface area contributed by atoms with Crippen LogP contribution in [-0.4, -0.2) is 119 Å². The van der Waals surface area contributed by atoms with Crippen LogP contribution in [0.5, 0.6) is 17.4 Å². The molecule has 248 valence electrons. The molecular weight excluding hydrogens is 678 g/mol. The molecule has 14 nitrogen and oxygen atoms in total. The molecule has 5 heterocycles. The Hall–Kier alpha value is -3.60. The molecule has 0 amide bonds. The number of benzene rings is 1. The number of aromatic nitrogens is 3. The summed E-state index contributed by atoms with van der Waals surface area (Å²) in [4.78, 5) is 21.2. The Balaban J connectivity index is 1.18. The fourth-order valence-electron chi connectivity index (χ4n) is 5.95. The zero-order valence-electron chi connectivity index (χ0n) is 26.5. The lowest BCUT2D eigenvalue weighted by Crippen LogP contribution is -2.52. The van der Waals surface area contributed by atoms with Gasteiger partial charge in [0.2, 0.25) is 21.9 Å². The minimum atomic E-state index is -3.62. The number of sulfonamides is 1. The zero-order valence-corrected chi connectivity index (χ0v) is 28.9. The van der Waals surface area contributed by atoms with E-state index in [0.717, 1.165) is 68.5 Å². The summed E-state index contributed by atoms with van der Waals surface area (Å²) in [6, 6.07) is 7.99. The monoisotopic (exact) mass is 717 g/mol. The lowest BCUT2D eigenvalue weighted by Gasteiger charge is -2.42. The van der Waals surface area contributed by atoms with Crippen LogP contribution in [0.1, 0.15) is 12.8 Å². The summed E-state index contributed by atoms with van der Waals surface area (Å²) in [6.07, 6.45) is 4.96. The van der Waals surface area contributed by atoms with Gasteiger partial charge in [-0.2, -0.15) is 9.97 Å². The molecule has 16 heteroatoms. The Morgan fingerprint density at radius 1 is 0.978 bits per heavy atom. The standard InChI is InChI=1S/C30H40BrN9O5S/c1-37-13-15-39(16-14-37)20-9-11-40(12-10-20)25-8-6-23(29(35-25)43-3)34-30-32-19-21(31)28(36-30)33-22-5-7-24-27(45-18-17-44-24)26(22)38(2)46(4,41)42/h5-8,19-20H,9-18H2,1-4H3,(H2,32,33,34,36). The van der Waals surface area contributed by atoms with Crippen LogP contribution >= 0.6 is 15.9 Å². The number of nitrogens with one attached hydrogen (secondary N) is 2. The van der Waals surface area contributed by atoms with Crippen molar-refractivity contribution in [1.82, 2.24) is 24.8 Å². The topological polar surface area (TPSA) is 138 Å². The van der Waals surface area contributed by atoms with E-state index in [2.05, 4.69) is 58.3 Å². The molecule has 2 fully saturated rings. The number of anilines is 6. The Kier molecular flexibility index (Phi) is 9.59. The molecule has 0 saturated carbocycles. The smallest absolute Gasteiger partial charge is 0.239 e. The molecule has 3 aromatic rings. The van der Waals surface area contributed by atoms with Crippen molar-refractivity contribution in [2.24, 2.45) is 0 Å². The Labute approximate surface area is 278 Å². The number of halogens is 1. The highest BCUT2D eigenvalue weighted by atomic mass is 79.9. The number of hydrogen-bond donors (Lipinski definition) is 2. The second kappa shape index (κ2) is 13.6. The Morgan fingerprint density at radius 3 is 2.41 bits per heavy atom. The third-order valence-corrected chi connectivity index (χ3v) is 10.4. The quantitative estimate of drug-likeness (QED) is 0.334. The summed E-state index contributed by atoms with van der Waals surface area (Å²) in [6.45, 7) is 7.11. The third-order valence-electron chi connectivity index (χ3n) is 8.62. The van der Waals surface area contributed by atoms with Crippen LogP contribution in [0.2, 0.25) is 0 Å². The van der Waals surface area contributed by atoms with Gasteiger partial charge in [-0.15, -0.1) is 0 Å². The molecule has 6 rings (SSSR count). The van der Waals surface area contributed by atoms with Gasteiger partial charge in [0.25, 0.3) is 0 Å². The maximum Gasteiger partial charge on any atom is 0.239 e. The van der Waals surface area contributed by atoms with Crippen molar-refractivity contribution in [3.05, 3.63) is 34.9 Å². The van der Waals surface area contributed by atoms with Gasteiger partial charge in [-0.05, 0) is 60.1 Å². The van der Waals surface area contributed by atoms with Crippen LogP contribution in [0.15, 0.2) is 34.9 Å². The van der Waals surface area contributed by atoms with Gasteiger partial charge in [0.15, 0.2) is 11.5 Å². The van der Waals surface area contributed by atoms with Crippen LogP contribution in [0.4, 0.5) is 34.6 Å². The van der Waals surface area contributed by atoms with E-state index in [1.807, 2.05) is 12.1 Å².